The Morgan fingerprint density at radius 1 is 1.67 bits per heavy atom. The van der Waals surface area contributed by atoms with Crippen LogP contribution in [0.4, 0.5) is 8.78 Å². The van der Waals surface area contributed by atoms with Crippen molar-refractivity contribution < 1.29 is 13.6 Å². The zero-order valence-electron chi connectivity index (χ0n) is 5.16. The molecule has 52 valence electrons. The van der Waals surface area contributed by atoms with Gasteiger partial charge in [-0.15, -0.1) is 0 Å². The quantitative estimate of drug-likeness (QED) is 0.524. The van der Waals surface area contributed by atoms with Crippen molar-refractivity contribution in [2.75, 3.05) is 0 Å². The van der Waals surface area contributed by atoms with Gasteiger partial charge in [0.05, 0.1) is 0 Å². The van der Waals surface area contributed by atoms with Crippen LogP contribution in [0.3, 0.4) is 0 Å². The van der Waals surface area contributed by atoms with Crippen LogP contribution in [0.25, 0.3) is 0 Å². The third-order valence-corrected chi connectivity index (χ3v) is 1.90. The summed E-state index contributed by atoms with van der Waals surface area (Å²) in [6.07, 6.45) is 0.416. The van der Waals surface area contributed by atoms with Crippen LogP contribution in [0.2, 0.25) is 0 Å². The van der Waals surface area contributed by atoms with Crippen molar-refractivity contribution in [2.45, 2.75) is 25.7 Å². The molecule has 0 heterocycles. The Bertz CT molecular complexity index is 144. The van der Waals surface area contributed by atoms with Crippen molar-refractivity contribution in [2.24, 2.45) is 5.41 Å². The van der Waals surface area contributed by atoms with E-state index in [1.807, 2.05) is 0 Å². The lowest BCUT2D eigenvalue weighted by Crippen LogP contribution is -2.06. The summed E-state index contributed by atoms with van der Waals surface area (Å²) in [7, 11) is 0. The molecule has 0 aliphatic heterocycles. The highest BCUT2D eigenvalue weighted by Gasteiger charge is 2.67. The van der Waals surface area contributed by atoms with E-state index in [1.54, 1.807) is 0 Å². The molecule has 0 saturated heterocycles. The molecule has 1 saturated carbocycles. The van der Waals surface area contributed by atoms with Gasteiger partial charge in [0.2, 0.25) is 0 Å². The number of rotatable bonds is 2. The van der Waals surface area contributed by atoms with Gasteiger partial charge >= 0.3 is 0 Å². The first-order chi connectivity index (χ1) is 4.02. The summed E-state index contributed by atoms with van der Waals surface area (Å²) in [5.41, 5.74) is -1.01. The average Bonchev–Trinajstić information content (AvgIpc) is 2.07. The Morgan fingerprint density at radius 2 is 2.11 bits per heavy atom. The van der Waals surface area contributed by atoms with Gasteiger partial charge in [0, 0.05) is 18.3 Å². The van der Waals surface area contributed by atoms with Crippen molar-refractivity contribution >= 4 is 6.29 Å². The average molecular weight is 134 g/mol. The Kier molecular flexibility index (Phi) is 1.12. The minimum absolute atomic E-state index is 0.0139. The zero-order chi connectivity index (χ0) is 7.12. The molecule has 0 aromatic heterocycles. The fourth-order valence-corrected chi connectivity index (χ4v) is 0.851. The molecule has 1 rings (SSSR count). The molecule has 3 heteroatoms. The van der Waals surface area contributed by atoms with E-state index in [1.165, 1.54) is 6.92 Å². The molecule has 1 unspecified atom stereocenters. The van der Waals surface area contributed by atoms with Crippen molar-refractivity contribution in [3.8, 4) is 0 Å². The van der Waals surface area contributed by atoms with Gasteiger partial charge in [-0.3, -0.25) is 0 Å². The summed E-state index contributed by atoms with van der Waals surface area (Å²) in [5.74, 6) is -2.58. The van der Waals surface area contributed by atoms with Crippen LogP contribution >= 0.6 is 0 Å². The van der Waals surface area contributed by atoms with Gasteiger partial charge in [-0.05, 0) is 0 Å². The molecule has 0 aromatic carbocycles. The molecular weight excluding hydrogens is 126 g/mol. The largest absolute Gasteiger partial charge is 0.303 e. The van der Waals surface area contributed by atoms with E-state index in [2.05, 4.69) is 0 Å². The van der Waals surface area contributed by atoms with E-state index in [0.717, 1.165) is 0 Å². The summed E-state index contributed by atoms with van der Waals surface area (Å²) in [6.45, 7) is 1.43. The van der Waals surface area contributed by atoms with Gasteiger partial charge in [0.15, 0.2) is 0 Å². The van der Waals surface area contributed by atoms with E-state index in [9.17, 15) is 13.6 Å². The highest BCUT2D eigenvalue weighted by Crippen LogP contribution is 2.61. The number of carbonyl (C=O) groups is 1. The standard InChI is InChI=1S/C6H8F2O/c1-5(2-3-9)4-6(5,7)8/h3H,2,4H2,1H3. The van der Waals surface area contributed by atoms with E-state index in [-0.39, 0.29) is 12.8 Å². The smallest absolute Gasteiger partial charge is 0.254 e. The number of hydrogen-bond donors (Lipinski definition) is 0. The molecular formula is C6H8F2O. The van der Waals surface area contributed by atoms with Gasteiger partial charge in [-0.25, -0.2) is 8.78 Å². The Morgan fingerprint density at radius 3 is 2.22 bits per heavy atom. The second kappa shape index (κ2) is 1.52. The SMILES string of the molecule is CC1(CC=O)CC1(F)F. The number of carbonyl (C=O) groups excluding carboxylic acids is 1. The summed E-state index contributed by atoms with van der Waals surface area (Å²) in [5, 5.41) is 0. The molecule has 0 radical (unpaired) electrons. The minimum Gasteiger partial charge on any atom is -0.303 e. The van der Waals surface area contributed by atoms with Crippen molar-refractivity contribution in [1.29, 1.82) is 0 Å². The predicted octanol–water partition coefficient (Wildman–Crippen LogP) is 1.62. The second-order valence-corrected chi connectivity index (χ2v) is 2.81. The van der Waals surface area contributed by atoms with Gasteiger partial charge in [-0.2, -0.15) is 0 Å². The molecule has 0 N–H and O–H groups in total. The summed E-state index contributed by atoms with van der Waals surface area (Å²) < 4.78 is 24.4. The highest BCUT2D eigenvalue weighted by atomic mass is 19.3. The Hall–Kier alpha value is -0.470. The highest BCUT2D eigenvalue weighted by molar-refractivity contribution is 5.52. The van der Waals surface area contributed by atoms with Crippen LogP contribution in [-0.4, -0.2) is 12.2 Å². The fourth-order valence-electron chi connectivity index (χ4n) is 0.851. The lowest BCUT2D eigenvalue weighted by Gasteiger charge is -2.01. The monoisotopic (exact) mass is 134 g/mol. The fraction of sp³-hybridized carbons (Fsp3) is 0.833. The first kappa shape index (κ1) is 6.65. The Balaban J connectivity index is 2.52. The molecule has 1 fully saturated rings. The topological polar surface area (TPSA) is 17.1 Å². The maximum absolute atomic E-state index is 12.2. The second-order valence-electron chi connectivity index (χ2n) is 2.81. The molecule has 9 heavy (non-hydrogen) atoms. The van der Waals surface area contributed by atoms with E-state index in [4.69, 9.17) is 0 Å². The van der Waals surface area contributed by atoms with Gasteiger partial charge in [0.1, 0.15) is 6.29 Å². The van der Waals surface area contributed by atoms with Gasteiger partial charge in [-0.1, -0.05) is 6.92 Å². The van der Waals surface area contributed by atoms with Crippen LogP contribution in [0.1, 0.15) is 19.8 Å². The molecule has 0 aromatic rings. The molecule has 1 atom stereocenters. The summed E-state index contributed by atoms with van der Waals surface area (Å²) in [4.78, 5) is 9.81. The number of hydrogen-bond acceptors (Lipinski definition) is 1. The van der Waals surface area contributed by atoms with Crippen LogP contribution in [0.5, 0.6) is 0 Å². The lowest BCUT2D eigenvalue weighted by atomic mass is 10.1. The molecule has 1 nitrogen and oxygen atoms in total. The number of aldehydes is 1. The first-order valence-corrected chi connectivity index (χ1v) is 2.83. The summed E-state index contributed by atoms with van der Waals surface area (Å²) >= 11 is 0. The van der Waals surface area contributed by atoms with E-state index in [0.29, 0.717) is 6.29 Å². The van der Waals surface area contributed by atoms with Crippen molar-refractivity contribution in [1.82, 2.24) is 0 Å². The molecule has 0 bridgehead atoms. The first-order valence-electron chi connectivity index (χ1n) is 2.83. The van der Waals surface area contributed by atoms with Crippen LogP contribution < -0.4 is 0 Å². The third-order valence-electron chi connectivity index (χ3n) is 1.90. The maximum atomic E-state index is 12.2. The molecule has 1 aliphatic rings. The van der Waals surface area contributed by atoms with Crippen molar-refractivity contribution in [3.63, 3.8) is 0 Å². The van der Waals surface area contributed by atoms with Crippen molar-refractivity contribution in [3.05, 3.63) is 0 Å². The maximum Gasteiger partial charge on any atom is 0.254 e. The van der Waals surface area contributed by atoms with Gasteiger partial charge in [0.25, 0.3) is 5.92 Å². The van der Waals surface area contributed by atoms with E-state index >= 15 is 0 Å². The molecule has 1 aliphatic carbocycles. The third kappa shape index (κ3) is 0.843. The minimum atomic E-state index is -2.58. The number of halogens is 2. The van der Waals surface area contributed by atoms with Crippen LogP contribution in [0, 0.1) is 5.41 Å². The van der Waals surface area contributed by atoms with Gasteiger partial charge < -0.3 is 4.79 Å². The Labute approximate surface area is 52.1 Å². The molecule has 0 amide bonds. The van der Waals surface area contributed by atoms with Crippen LogP contribution in [-0.2, 0) is 4.79 Å². The lowest BCUT2D eigenvalue weighted by molar-refractivity contribution is -0.109. The zero-order valence-corrected chi connectivity index (χ0v) is 5.16. The normalized spacial score (nSPS) is 38.1. The predicted molar refractivity (Wildman–Crippen MR) is 28.4 cm³/mol. The van der Waals surface area contributed by atoms with E-state index < -0.39 is 11.3 Å². The molecule has 0 spiro atoms. The number of alkyl halides is 2. The van der Waals surface area contributed by atoms with Crippen LogP contribution in [0.15, 0.2) is 0 Å². The summed E-state index contributed by atoms with van der Waals surface area (Å²) in [6, 6.07) is 0.